The van der Waals surface area contributed by atoms with Crippen LogP contribution in [0.15, 0.2) is 27.6 Å². The normalized spacial score (nSPS) is 15.2. The molecular formula is C18H22N4O7S. The number of carbonyl (C=O) groups excluding carboxylic acids is 1. The van der Waals surface area contributed by atoms with Gasteiger partial charge in [0, 0.05) is 37.8 Å². The number of ether oxygens (including phenoxy) is 1. The van der Waals surface area contributed by atoms with Crippen molar-refractivity contribution < 1.29 is 27.4 Å². The van der Waals surface area contributed by atoms with E-state index < -0.39 is 14.9 Å². The number of nitro groups is 1. The number of hydrogen-bond donors (Lipinski definition) is 0. The summed E-state index contributed by atoms with van der Waals surface area (Å²) in [6.07, 6.45) is 0. The summed E-state index contributed by atoms with van der Waals surface area (Å²) in [5.41, 5.74) is 0.713. The Balaban J connectivity index is 1.57. The van der Waals surface area contributed by atoms with Gasteiger partial charge in [0.15, 0.2) is 12.4 Å². The van der Waals surface area contributed by atoms with Gasteiger partial charge in [-0.3, -0.25) is 14.9 Å². The first kappa shape index (κ1) is 21.7. The first-order chi connectivity index (χ1) is 14.1. The summed E-state index contributed by atoms with van der Waals surface area (Å²) >= 11 is 0. The number of aryl methyl sites for hydroxylation is 3. The van der Waals surface area contributed by atoms with E-state index in [4.69, 9.17) is 9.26 Å². The zero-order valence-electron chi connectivity index (χ0n) is 16.8. The smallest absolute Gasteiger partial charge is 0.272 e. The molecule has 2 heterocycles. The van der Waals surface area contributed by atoms with Crippen LogP contribution in [-0.4, -0.2) is 66.4 Å². The van der Waals surface area contributed by atoms with Gasteiger partial charge in [-0.1, -0.05) is 5.16 Å². The molecule has 0 saturated carbocycles. The molecule has 1 fully saturated rings. The SMILES string of the molecule is Cc1cc(OCC(=O)N2CCN(S(=O)(=O)c3c(C)noc3C)CC2)ccc1[N+](=O)[O-]. The first-order valence-electron chi connectivity index (χ1n) is 9.20. The van der Waals surface area contributed by atoms with Crippen molar-refractivity contribution in [1.82, 2.24) is 14.4 Å². The van der Waals surface area contributed by atoms with E-state index >= 15 is 0 Å². The Labute approximate surface area is 173 Å². The maximum absolute atomic E-state index is 12.8. The topological polar surface area (TPSA) is 136 Å². The third-order valence-electron chi connectivity index (χ3n) is 4.88. The lowest BCUT2D eigenvalue weighted by molar-refractivity contribution is -0.385. The molecule has 1 saturated heterocycles. The molecule has 0 unspecified atom stereocenters. The molecule has 0 spiro atoms. The second kappa shape index (κ2) is 8.40. The van der Waals surface area contributed by atoms with Gasteiger partial charge in [0.05, 0.1) is 4.92 Å². The highest BCUT2D eigenvalue weighted by atomic mass is 32.2. The highest BCUT2D eigenvalue weighted by molar-refractivity contribution is 7.89. The molecule has 1 aliphatic heterocycles. The minimum Gasteiger partial charge on any atom is -0.484 e. The molecule has 1 aromatic heterocycles. The molecule has 2 aromatic rings. The van der Waals surface area contributed by atoms with Crippen molar-refractivity contribution in [3.05, 3.63) is 45.3 Å². The monoisotopic (exact) mass is 438 g/mol. The molecule has 0 atom stereocenters. The Morgan fingerprint density at radius 2 is 1.90 bits per heavy atom. The minimum atomic E-state index is -3.75. The van der Waals surface area contributed by atoms with Crippen molar-refractivity contribution >= 4 is 21.6 Å². The number of carbonyl (C=O) groups is 1. The molecule has 0 N–H and O–H groups in total. The van der Waals surface area contributed by atoms with Crippen molar-refractivity contribution in [2.45, 2.75) is 25.7 Å². The van der Waals surface area contributed by atoms with Crippen molar-refractivity contribution in [2.24, 2.45) is 0 Å². The third-order valence-corrected chi connectivity index (χ3v) is 7.03. The largest absolute Gasteiger partial charge is 0.484 e. The second-order valence-corrected chi connectivity index (χ2v) is 8.81. The van der Waals surface area contributed by atoms with E-state index in [1.54, 1.807) is 20.8 Å². The molecule has 162 valence electrons. The number of hydrogen-bond acceptors (Lipinski definition) is 8. The fraction of sp³-hybridized carbons (Fsp3) is 0.444. The third kappa shape index (κ3) is 4.28. The zero-order chi connectivity index (χ0) is 22.1. The summed E-state index contributed by atoms with van der Waals surface area (Å²) in [7, 11) is -3.75. The molecule has 0 radical (unpaired) electrons. The Morgan fingerprint density at radius 1 is 1.23 bits per heavy atom. The van der Waals surface area contributed by atoms with Gasteiger partial charge in [0.2, 0.25) is 10.0 Å². The van der Waals surface area contributed by atoms with E-state index in [2.05, 4.69) is 5.16 Å². The van der Waals surface area contributed by atoms with Gasteiger partial charge in [-0.2, -0.15) is 4.31 Å². The van der Waals surface area contributed by atoms with Gasteiger partial charge in [-0.05, 0) is 32.9 Å². The molecule has 12 heteroatoms. The molecule has 0 bridgehead atoms. The molecule has 11 nitrogen and oxygen atoms in total. The molecule has 1 amide bonds. The highest BCUT2D eigenvalue weighted by Crippen LogP contribution is 2.25. The van der Waals surface area contributed by atoms with Gasteiger partial charge in [0.25, 0.3) is 11.6 Å². The second-order valence-electron chi connectivity index (χ2n) is 6.93. The van der Waals surface area contributed by atoms with Crippen molar-refractivity contribution in [1.29, 1.82) is 0 Å². The summed E-state index contributed by atoms with van der Waals surface area (Å²) in [5.74, 6) is 0.296. The molecule has 1 aliphatic rings. The first-order valence-corrected chi connectivity index (χ1v) is 10.6. The fourth-order valence-electron chi connectivity index (χ4n) is 3.31. The van der Waals surface area contributed by atoms with Crippen molar-refractivity contribution in [2.75, 3.05) is 32.8 Å². The quantitative estimate of drug-likeness (QED) is 0.488. The number of aromatic nitrogens is 1. The van der Waals surface area contributed by atoms with E-state index in [-0.39, 0.29) is 55.0 Å². The Hall–Kier alpha value is -2.99. The summed E-state index contributed by atoms with van der Waals surface area (Å²) < 4.78 is 37.4. The lowest BCUT2D eigenvalue weighted by atomic mass is 10.2. The maximum Gasteiger partial charge on any atom is 0.272 e. The van der Waals surface area contributed by atoms with E-state index in [9.17, 15) is 23.3 Å². The molecule has 0 aliphatic carbocycles. The lowest BCUT2D eigenvalue weighted by Gasteiger charge is -2.33. The van der Waals surface area contributed by atoms with Crippen LogP contribution in [0.4, 0.5) is 5.69 Å². The van der Waals surface area contributed by atoms with Crippen molar-refractivity contribution in [3.63, 3.8) is 0 Å². The lowest BCUT2D eigenvalue weighted by Crippen LogP contribution is -2.51. The standard InChI is InChI=1S/C18H22N4O7S/c1-12-10-15(4-5-16(12)22(24)25)28-11-17(23)20-6-8-21(9-7-20)30(26,27)18-13(2)19-29-14(18)3/h4-5,10H,6-9,11H2,1-3H3. The zero-order valence-corrected chi connectivity index (χ0v) is 17.6. The van der Waals surface area contributed by atoms with E-state index in [1.807, 2.05) is 0 Å². The van der Waals surface area contributed by atoms with Crippen LogP contribution in [0.1, 0.15) is 17.0 Å². The van der Waals surface area contributed by atoms with Crippen LogP contribution in [0.3, 0.4) is 0 Å². The average molecular weight is 438 g/mol. The number of sulfonamides is 1. The molecule has 3 rings (SSSR count). The van der Waals surface area contributed by atoms with Gasteiger partial charge < -0.3 is 14.2 Å². The van der Waals surface area contributed by atoms with Crippen molar-refractivity contribution in [3.8, 4) is 5.75 Å². The van der Waals surface area contributed by atoms with E-state index in [0.29, 0.717) is 17.0 Å². The number of benzene rings is 1. The van der Waals surface area contributed by atoms with Crippen LogP contribution in [0.5, 0.6) is 5.75 Å². The molecule has 30 heavy (non-hydrogen) atoms. The summed E-state index contributed by atoms with van der Waals surface area (Å²) in [6, 6.07) is 4.26. The minimum absolute atomic E-state index is 0.0238. The highest BCUT2D eigenvalue weighted by Gasteiger charge is 2.34. The molecular weight excluding hydrogens is 416 g/mol. The van der Waals surface area contributed by atoms with Crippen LogP contribution in [0, 0.1) is 30.9 Å². The molecule has 1 aromatic carbocycles. The summed E-state index contributed by atoms with van der Waals surface area (Å²) in [4.78, 5) is 24.4. The Kier molecular flexibility index (Phi) is 6.08. The summed E-state index contributed by atoms with van der Waals surface area (Å²) in [6.45, 7) is 5.21. The van der Waals surface area contributed by atoms with Gasteiger partial charge in [-0.15, -0.1) is 0 Å². The average Bonchev–Trinajstić information content (AvgIpc) is 3.04. The van der Waals surface area contributed by atoms with Crippen LogP contribution in [0.2, 0.25) is 0 Å². The van der Waals surface area contributed by atoms with Gasteiger partial charge in [-0.25, -0.2) is 8.42 Å². The van der Waals surface area contributed by atoms with E-state index in [1.165, 1.54) is 27.4 Å². The number of nitro benzene ring substituents is 1. The fourth-order valence-corrected chi connectivity index (χ4v) is 5.02. The van der Waals surface area contributed by atoms with Crippen LogP contribution >= 0.6 is 0 Å². The number of amides is 1. The number of rotatable bonds is 6. The Bertz CT molecular complexity index is 1050. The van der Waals surface area contributed by atoms with Gasteiger partial charge >= 0.3 is 0 Å². The van der Waals surface area contributed by atoms with Crippen LogP contribution in [-0.2, 0) is 14.8 Å². The maximum atomic E-state index is 12.8. The predicted molar refractivity (Wildman–Crippen MR) is 105 cm³/mol. The number of nitrogens with zero attached hydrogens (tertiary/aromatic N) is 4. The van der Waals surface area contributed by atoms with Crippen LogP contribution < -0.4 is 4.74 Å². The number of piperazine rings is 1. The summed E-state index contributed by atoms with van der Waals surface area (Å²) in [5, 5.41) is 14.6. The van der Waals surface area contributed by atoms with Gasteiger partial charge in [0.1, 0.15) is 16.3 Å². The van der Waals surface area contributed by atoms with Crippen LogP contribution in [0.25, 0.3) is 0 Å². The van der Waals surface area contributed by atoms with E-state index in [0.717, 1.165) is 0 Å². The predicted octanol–water partition coefficient (Wildman–Crippen LogP) is 1.42. The Morgan fingerprint density at radius 3 is 2.43 bits per heavy atom.